The van der Waals surface area contributed by atoms with Crippen molar-refractivity contribution in [1.29, 1.82) is 0 Å². The highest BCUT2D eigenvalue weighted by atomic mass is 32.1. The number of thiophene rings is 1. The number of aryl methyl sites for hydroxylation is 1. The predicted molar refractivity (Wildman–Crippen MR) is 106 cm³/mol. The van der Waals surface area contributed by atoms with Crippen LogP contribution in [0.25, 0.3) is 27.3 Å². The third-order valence-electron chi connectivity index (χ3n) is 4.26. The van der Waals surface area contributed by atoms with Gasteiger partial charge in [-0.15, -0.1) is 11.3 Å². The number of hydrogen-bond donors (Lipinski definition) is 1. The second-order valence-electron chi connectivity index (χ2n) is 6.47. The number of fused-ring (bicyclic) bond motifs is 1. The van der Waals surface area contributed by atoms with Crippen molar-refractivity contribution < 1.29 is 5.11 Å². The van der Waals surface area contributed by atoms with E-state index in [1.54, 1.807) is 17.4 Å². The molecule has 1 heterocycles. The minimum Gasteiger partial charge on any atom is -0.386 e. The Labute approximate surface area is 147 Å². The van der Waals surface area contributed by atoms with Crippen LogP contribution in [-0.4, -0.2) is 5.11 Å². The quantitative estimate of drug-likeness (QED) is 0.555. The summed E-state index contributed by atoms with van der Waals surface area (Å²) in [5.74, 6) is 0. The fourth-order valence-electron chi connectivity index (χ4n) is 3.04. The zero-order valence-electron chi connectivity index (χ0n) is 14.3. The molecule has 0 unspecified atom stereocenters. The molecular weight excluding hydrogens is 312 g/mol. The van der Waals surface area contributed by atoms with E-state index in [-0.39, 0.29) is 0 Å². The Morgan fingerprint density at radius 1 is 1.04 bits per heavy atom. The minimum atomic E-state index is -0.878. The smallest absolute Gasteiger partial charge is 0.0846 e. The van der Waals surface area contributed by atoms with Gasteiger partial charge >= 0.3 is 0 Å². The lowest BCUT2D eigenvalue weighted by Gasteiger charge is -2.22. The predicted octanol–water partition coefficient (Wildman–Crippen LogP) is 6.30. The van der Waals surface area contributed by atoms with E-state index in [1.165, 1.54) is 26.1 Å². The van der Waals surface area contributed by atoms with Crippen molar-refractivity contribution in [2.75, 3.05) is 0 Å². The molecule has 3 rings (SSSR count). The Hall–Kier alpha value is -2.16. The lowest BCUT2D eigenvalue weighted by molar-refractivity contribution is 0.0792. The van der Waals surface area contributed by atoms with E-state index in [2.05, 4.69) is 43.8 Å². The number of allylic oxidation sites excluding steroid dienone is 2. The molecule has 0 bridgehead atoms. The maximum atomic E-state index is 10.6. The summed E-state index contributed by atoms with van der Waals surface area (Å²) in [5, 5.41) is 11.8. The first kappa shape index (κ1) is 16.7. The maximum Gasteiger partial charge on any atom is 0.0846 e. The minimum absolute atomic E-state index is 0.878. The summed E-state index contributed by atoms with van der Waals surface area (Å²) in [6, 6.07) is 14.5. The third-order valence-corrected chi connectivity index (χ3v) is 5.57. The standard InChI is InChI=1S/C22H22OS/c1-5-6-14-20-15(2)16-11-9-12-18(21(16)24-20)17-10-7-8-13-19(17)22(3,4)23/h5-14,23H,1H2,2-4H3/b14-6-. The van der Waals surface area contributed by atoms with Crippen molar-refractivity contribution in [3.8, 4) is 11.1 Å². The van der Waals surface area contributed by atoms with Gasteiger partial charge in [-0.1, -0.05) is 61.2 Å². The van der Waals surface area contributed by atoms with E-state index in [4.69, 9.17) is 0 Å². The highest BCUT2D eigenvalue weighted by Crippen LogP contribution is 2.41. The van der Waals surface area contributed by atoms with Crippen LogP contribution in [-0.2, 0) is 5.60 Å². The molecule has 1 aromatic heterocycles. The third kappa shape index (κ3) is 2.95. The highest BCUT2D eigenvalue weighted by Gasteiger charge is 2.22. The molecule has 1 nitrogen and oxygen atoms in total. The Morgan fingerprint density at radius 2 is 1.75 bits per heavy atom. The first-order chi connectivity index (χ1) is 11.4. The second-order valence-corrected chi connectivity index (χ2v) is 7.53. The van der Waals surface area contributed by atoms with Crippen molar-refractivity contribution in [3.63, 3.8) is 0 Å². The van der Waals surface area contributed by atoms with Gasteiger partial charge in [-0.3, -0.25) is 0 Å². The zero-order chi connectivity index (χ0) is 17.3. The van der Waals surface area contributed by atoms with Crippen LogP contribution < -0.4 is 0 Å². The Bertz CT molecular complexity index is 923. The summed E-state index contributed by atoms with van der Waals surface area (Å²) in [6.07, 6.45) is 5.88. The average molecular weight is 334 g/mol. The van der Waals surface area contributed by atoms with E-state index in [0.717, 1.165) is 11.1 Å². The number of rotatable bonds is 4. The van der Waals surface area contributed by atoms with Crippen molar-refractivity contribution in [1.82, 2.24) is 0 Å². The molecule has 3 aromatic rings. The molecule has 122 valence electrons. The molecule has 0 saturated carbocycles. The molecule has 2 heteroatoms. The number of benzene rings is 2. The van der Waals surface area contributed by atoms with Gasteiger partial charge in [0, 0.05) is 9.58 Å². The van der Waals surface area contributed by atoms with E-state index in [9.17, 15) is 5.11 Å². The van der Waals surface area contributed by atoms with E-state index >= 15 is 0 Å². The molecule has 1 N–H and O–H groups in total. The van der Waals surface area contributed by atoms with Gasteiger partial charge in [0.15, 0.2) is 0 Å². The monoisotopic (exact) mass is 334 g/mol. The molecule has 0 saturated heterocycles. The largest absolute Gasteiger partial charge is 0.386 e. The molecule has 0 spiro atoms. The molecule has 0 aliphatic rings. The summed E-state index contributed by atoms with van der Waals surface area (Å²) < 4.78 is 1.26. The number of aliphatic hydroxyl groups is 1. The number of hydrogen-bond acceptors (Lipinski definition) is 2. The summed E-state index contributed by atoms with van der Waals surface area (Å²) in [5.41, 5.74) is 3.63. The van der Waals surface area contributed by atoms with Gasteiger partial charge in [0.25, 0.3) is 0 Å². The molecule has 0 aliphatic carbocycles. The van der Waals surface area contributed by atoms with Gasteiger partial charge in [-0.25, -0.2) is 0 Å². The normalized spacial score (nSPS) is 12.2. The molecule has 0 radical (unpaired) electrons. The van der Waals surface area contributed by atoms with Gasteiger partial charge in [0.2, 0.25) is 0 Å². The summed E-state index contributed by atoms with van der Waals surface area (Å²) in [4.78, 5) is 1.25. The van der Waals surface area contributed by atoms with Gasteiger partial charge in [-0.05, 0) is 54.5 Å². The SMILES string of the molecule is C=C/C=C\c1sc2c(-c3ccccc3C(C)(C)O)cccc2c1C. The molecule has 2 aromatic carbocycles. The Kier molecular flexibility index (Phi) is 4.44. The van der Waals surface area contributed by atoms with Crippen molar-refractivity contribution in [3.05, 3.63) is 77.2 Å². The molecule has 0 fully saturated rings. The molecule has 0 amide bonds. The van der Waals surface area contributed by atoms with Crippen LogP contribution in [0, 0.1) is 6.92 Å². The van der Waals surface area contributed by atoms with Crippen LogP contribution in [0.5, 0.6) is 0 Å². The van der Waals surface area contributed by atoms with Crippen LogP contribution in [0.1, 0.15) is 29.9 Å². The van der Waals surface area contributed by atoms with Crippen molar-refractivity contribution in [2.45, 2.75) is 26.4 Å². The van der Waals surface area contributed by atoms with Crippen LogP contribution in [0.2, 0.25) is 0 Å². The van der Waals surface area contributed by atoms with Crippen molar-refractivity contribution in [2.24, 2.45) is 0 Å². The van der Waals surface area contributed by atoms with E-state index < -0.39 is 5.60 Å². The second kappa shape index (κ2) is 6.39. The van der Waals surface area contributed by atoms with Crippen LogP contribution in [0.15, 0.2) is 61.2 Å². The summed E-state index contributed by atoms with van der Waals surface area (Å²) in [7, 11) is 0. The first-order valence-electron chi connectivity index (χ1n) is 8.07. The lowest BCUT2D eigenvalue weighted by atomic mass is 9.89. The first-order valence-corrected chi connectivity index (χ1v) is 8.88. The van der Waals surface area contributed by atoms with Gasteiger partial charge in [-0.2, -0.15) is 0 Å². The van der Waals surface area contributed by atoms with Crippen LogP contribution in [0.3, 0.4) is 0 Å². The molecule has 0 atom stereocenters. The zero-order valence-corrected chi connectivity index (χ0v) is 15.2. The van der Waals surface area contributed by atoms with Gasteiger partial charge in [0.05, 0.1) is 5.60 Å². The van der Waals surface area contributed by atoms with Crippen molar-refractivity contribution >= 4 is 27.5 Å². The lowest BCUT2D eigenvalue weighted by Crippen LogP contribution is -2.16. The van der Waals surface area contributed by atoms with E-state index in [0.29, 0.717) is 0 Å². The Morgan fingerprint density at radius 3 is 2.46 bits per heavy atom. The van der Waals surface area contributed by atoms with Gasteiger partial charge < -0.3 is 5.11 Å². The van der Waals surface area contributed by atoms with Crippen LogP contribution in [0.4, 0.5) is 0 Å². The highest BCUT2D eigenvalue weighted by molar-refractivity contribution is 7.20. The van der Waals surface area contributed by atoms with Crippen LogP contribution >= 0.6 is 11.3 Å². The fourth-order valence-corrected chi connectivity index (χ4v) is 4.29. The Balaban J connectivity index is 2.29. The topological polar surface area (TPSA) is 20.2 Å². The average Bonchev–Trinajstić information content (AvgIpc) is 2.88. The fraction of sp³-hybridized carbons (Fsp3) is 0.182. The molecule has 24 heavy (non-hydrogen) atoms. The van der Waals surface area contributed by atoms with Gasteiger partial charge in [0.1, 0.15) is 0 Å². The van der Waals surface area contributed by atoms with E-state index in [1.807, 2.05) is 38.1 Å². The summed E-state index contributed by atoms with van der Waals surface area (Å²) in [6.45, 7) is 9.59. The molecular formula is C22H22OS. The summed E-state index contributed by atoms with van der Waals surface area (Å²) >= 11 is 1.79. The maximum absolute atomic E-state index is 10.6. The molecule has 0 aliphatic heterocycles.